The van der Waals surface area contributed by atoms with Crippen molar-refractivity contribution in [2.75, 3.05) is 19.3 Å². The number of hydrogen-bond donors (Lipinski definition) is 2. The Morgan fingerprint density at radius 1 is 1.24 bits per heavy atom. The fourth-order valence-corrected chi connectivity index (χ4v) is 1.87. The maximum absolute atomic E-state index is 13.0. The summed E-state index contributed by atoms with van der Waals surface area (Å²) in [6.07, 6.45) is -3.98. The Bertz CT molecular complexity index is 629. The van der Waals surface area contributed by atoms with E-state index in [9.17, 15) is 30.8 Å². The zero-order chi connectivity index (χ0) is 16.3. The van der Waals surface area contributed by atoms with Gasteiger partial charge in [0.25, 0.3) is 5.91 Å². The fourth-order valence-electron chi connectivity index (χ4n) is 1.40. The van der Waals surface area contributed by atoms with E-state index in [-0.39, 0.29) is 18.7 Å². The third-order valence-electron chi connectivity index (χ3n) is 2.31. The molecule has 0 bridgehead atoms. The third-order valence-corrected chi connectivity index (χ3v) is 3.04. The Morgan fingerprint density at radius 3 is 2.38 bits per heavy atom. The molecular weight excluding hydrogens is 316 g/mol. The Kier molecular flexibility index (Phi) is 5.29. The molecule has 0 spiro atoms. The van der Waals surface area contributed by atoms with Gasteiger partial charge in [-0.3, -0.25) is 4.79 Å². The Hall–Kier alpha value is -1.68. The van der Waals surface area contributed by atoms with Crippen LogP contribution in [0, 0.1) is 5.82 Å². The van der Waals surface area contributed by atoms with E-state index in [0.29, 0.717) is 12.1 Å². The van der Waals surface area contributed by atoms with Gasteiger partial charge in [-0.1, -0.05) is 0 Å². The van der Waals surface area contributed by atoms with Crippen molar-refractivity contribution in [2.45, 2.75) is 6.18 Å². The topological polar surface area (TPSA) is 75.3 Å². The quantitative estimate of drug-likeness (QED) is 0.628. The lowest BCUT2D eigenvalue weighted by Crippen LogP contribution is -2.34. The minimum Gasteiger partial charge on any atom is -0.351 e. The van der Waals surface area contributed by atoms with Crippen molar-refractivity contribution in [2.24, 2.45) is 0 Å². The third kappa shape index (κ3) is 5.68. The molecule has 0 aliphatic heterocycles. The number of sulfonamides is 1. The van der Waals surface area contributed by atoms with E-state index >= 15 is 0 Å². The highest BCUT2D eigenvalue weighted by Gasteiger charge is 2.34. The largest absolute Gasteiger partial charge is 0.419 e. The van der Waals surface area contributed by atoms with Crippen LogP contribution < -0.4 is 10.0 Å². The standard InChI is InChI=1S/C11H12F4N2O3S/c1-21(19,20)17-5-4-16-10(18)7-2-3-9(12)8(6-7)11(13,14)15/h2-3,6,17H,4-5H2,1H3,(H,16,18). The van der Waals surface area contributed by atoms with Gasteiger partial charge in [-0.25, -0.2) is 17.5 Å². The SMILES string of the molecule is CS(=O)(=O)NCCNC(=O)c1ccc(F)c(C(F)(F)F)c1. The van der Waals surface area contributed by atoms with Gasteiger partial charge in [-0.2, -0.15) is 13.2 Å². The molecule has 0 aliphatic rings. The lowest BCUT2D eigenvalue weighted by molar-refractivity contribution is -0.140. The number of benzene rings is 1. The summed E-state index contributed by atoms with van der Waals surface area (Å²) in [6, 6.07) is 1.85. The second-order valence-electron chi connectivity index (χ2n) is 4.11. The van der Waals surface area contributed by atoms with Crippen LogP contribution in [-0.4, -0.2) is 33.7 Å². The van der Waals surface area contributed by atoms with Crippen molar-refractivity contribution in [1.29, 1.82) is 0 Å². The lowest BCUT2D eigenvalue weighted by atomic mass is 10.1. The fraction of sp³-hybridized carbons (Fsp3) is 0.364. The van der Waals surface area contributed by atoms with Crippen molar-refractivity contribution >= 4 is 15.9 Å². The summed E-state index contributed by atoms with van der Waals surface area (Å²) in [7, 11) is -3.42. The van der Waals surface area contributed by atoms with Gasteiger partial charge in [0.2, 0.25) is 10.0 Å². The first kappa shape index (κ1) is 17.4. The summed E-state index contributed by atoms with van der Waals surface area (Å²) in [5.41, 5.74) is -1.91. The number of carbonyl (C=O) groups excluding carboxylic acids is 1. The average molecular weight is 328 g/mol. The van der Waals surface area contributed by atoms with Crippen LogP contribution >= 0.6 is 0 Å². The zero-order valence-corrected chi connectivity index (χ0v) is 11.6. The smallest absolute Gasteiger partial charge is 0.351 e. The van der Waals surface area contributed by atoms with Crippen LogP contribution in [0.15, 0.2) is 18.2 Å². The second kappa shape index (κ2) is 6.39. The van der Waals surface area contributed by atoms with Gasteiger partial charge >= 0.3 is 6.18 Å². The Morgan fingerprint density at radius 2 is 1.86 bits per heavy atom. The molecule has 1 rings (SSSR count). The van der Waals surface area contributed by atoms with Gasteiger partial charge in [0.1, 0.15) is 5.82 Å². The molecule has 1 amide bonds. The summed E-state index contributed by atoms with van der Waals surface area (Å²) in [4.78, 5) is 11.6. The van der Waals surface area contributed by atoms with Crippen molar-refractivity contribution in [1.82, 2.24) is 10.0 Å². The van der Waals surface area contributed by atoms with E-state index in [0.717, 1.165) is 12.3 Å². The Balaban J connectivity index is 2.71. The van der Waals surface area contributed by atoms with E-state index < -0.39 is 33.5 Å². The monoisotopic (exact) mass is 328 g/mol. The van der Waals surface area contributed by atoms with Crippen molar-refractivity contribution in [3.05, 3.63) is 35.1 Å². The summed E-state index contributed by atoms with van der Waals surface area (Å²) >= 11 is 0. The highest BCUT2D eigenvalue weighted by atomic mass is 32.2. The number of halogens is 4. The number of nitrogens with one attached hydrogen (secondary N) is 2. The number of alkyl halides is 3. The lowest BCUT2D eigenvalue weighted by Gasteiger charge is -2.10. The van der Waals surface area contributed by atoms with E-state index in [1.54, 1.807) is 0 Å². The predicted molar refractivity (Wildman–Crippen MR) is 66.6 cm³/mol. The molecule has 21 heavy (non-hydrogen) atoms. The number of hydrogen-bond acceptors (Lipinski definition) is 3. The van der Waals surface area contributed by atoms with E-state index in [2.05, 4.69) is 10.0 Å². The molecule has 0 atom stereocenters. The van der Waals surface area contributed by atoms with Crippen molar-refractivity contribution < 1.29 is 30.8 Å². The van der Waals surface area contributed by atoms with E-state index in [4.69, 9.17) is 0 Å². The number of carbonyl (C=O) groups is 1. The molecule has 0 aliphatic carbocycles. The van der Waals surface area contributed by atoms with Crippen LogP contribution in [-0.2, 0) is 16.2 Å². The average Bonchev–Trinajstić information content (AvgIpc) is 2.32. The first-order valence-corrected chi connectivity index (χ1v) is 7.49. The van der Waals surface area contributed by atoms with Gasteiger partial charge < -0.3 is 5.32 Å². The summed E-state index contributed by atoms with van der Waals surface area (Å²) in [6.45, 7) is -0.234. The van der Waals surface area contributed by atoms with Crippen molar-refractivity contribution in [3.63, 3.8) is 0 Å². The summed E-state index contributed by atoms with van der Waals surface area (Å²) < 4.78 is 74.1. The minimum atomic E-state index is -4.90. The molecular formula is C11H12F4N2O3S. The molecule has 0 saturated heterocycles. The first-order valence-electron chi connectivity index (χ1n) is 5.60. The van der Waals surface area contributed by atoms with E-state index in [1.807, 2.05) is 0 Å². The molecule has 1 aromatic carbocycles. The molecule has 0 heterocycles. The Labute approximate surface area is 118 Å². The molecule has 0 fully saturated rings. The van der Waals surface area contributed by atoms with Crippen LogP contribution in [0.1, 0.15) is 15.9 Å². The minimum absolute atomic E-state index is 0.113. The summed E-state index contributed by atoms with van der Waals surface area (Å²) in [5.74, 6) is -2.34. The van der Waals surface area contributed by atoms with Gasteiger partial charge in [0, 0.05) is 18.7 Å². The zero-order valence-electron chi connectivity index (χ0n) is 10.8. The first-order chi connectivity index (χ1) is 9.50. The highest BCUT2D eigenvalue weighted by Crippen LogP contribution is 2.31. The van der Waals surface area contributed by atoms with Crippen molar-refractivity contribution in [3.8, 4) is 0 Å². The van der Waals surface area contributed by atoms with Gasteiger partial charge in [-0.05, 0) is 18.2 Å². The molecule has 0 radical (unpaired) electrons. The molecule has 5 nitrogen and oxygen atoms in total. The molecule has 10 heteroatoms. The maximum Gasteiger partial charge on any atom is 0.419 e. The van der Waals surface area contributed by atoms with Crippen LogP contribution in [0.2, 0.25) is 0 Å². The van der Waals surface area contributed by atoms with Crippen LogP contribution in [0.25, 0.3) is 0 Å². The normalized spacial score (nSPS) is 12.2. The van der Waals surface area contributed by atoms with Gasteiger partial charge in [0.05, 0.1) is 11.8 Å². The second-order valence-corrected chi connectivity index (χ2v) is 5.95. The number of amides is 1. The van der Waals surface area contributed by atoms with E-state index in [1.165, 1.54) is 0 Å². The molecule has 118 valence electrons. The van der Waals surface area contributed by atoms with Gasteiger partial charge in [0.15, 0.2) is 0 Å². The molecule has 0 unspecified atom stereocenters. The summed E-state index contributed by atoms with van der Waals surface area (Å²) in [5, 5.41) is 2.21. The number of rotatable bonds is 5. The molecule has 1 aromatic rings. The molecule has 0 aromatic heterocycles. The maximum atomic E-state index is 13.0. The van der Waals surface area contributed by atoms with Crippen LogP contribution in [0.3, 0.4) is 0 Å². The van der Waals surface area contributed by atoms with Crippen LogP contribution in [0.5, 0.6) is 0 Å². The predicted octanol–water partition coefficient (Wildman–Crippen LogP) is 1.12. The molecule has 2 N–H and O–H groups in total. The molecule has 0 saturated carbocycles. The highest BCUT2D eigenvalue weighted by molar-refractivity contribution is 7.88. The van der Waals surface area contributed by atoms with Crippen LogP contribution in [0.4, 0.5) is 17.6 Å². The van der Waals surface area contributed by atoms with Gasteiger partial charge in [-0.15, -0.1) is 0 Å².